The second-order valence-corrected chi connectivity index (χ2v) is 6.81. The molecular weight excluding hydrogens is 278 g/mol. The van der Waals surface area contributed by atoms with Crippen LogP contribution in [0.1, 0.15) is 33.6 Å². The predicted molar refractivity (Wildman–Crippen MR) is 75.8 cm³/mol. The van der Waals surface area contributed by atoms with E-state index < -0.39 is 20.7 Å². The van der Waals surface area contributed by atoms with E-state index in [4.69, 9.17) is 18.5 Å². The Morgan fingerprint density at radius 1 is 1.15 bits per heavy atom. The van der Waals surface area contributed by atoms with Crippen molar-refractivity contribution in [2.45, 2.75) is 39.7 Å². The molecule has 0 aliphatic carbocycles. The highest BCUT2D eigenvalue weighted by Gasteiger charge is 2.40. The Bertz CT molecular complexity index is 301. The van der Waals surface area contributed by atoms with Gasteiger partial charge in [-0.3, -0.25) is 4.79 Å². The minimum atomic E-state index is -2.68. The molecule has 0 rings (SSSR count). The van der Waals surface area contributed by atoms with E-state index in [1.54, 1.807) is 0 Å². The molecule has 0 spiro atoms. The summed E-state index contributed by atoms with van der Waals surface area (Å²) in [4.78, 5) is 11.3. The molecule has 1 atom stereocenters. The molecule has 0 bridgehead atoms. The highest BCUT2D eigenvalue weighted by atomic mass is 28.4. The van der Waals surface area contributed by atoms with Gasteiger partial charge in [0, 0.05) is 25.9 Å². The summed E-state index contributed by atoms with van der Waals surface area (Å²) in [5.74, 6) is -1.24. The number of carbonyl (C=O) groups is 1. The topological polar surface area (TPSA) is 77.8 Å². The number of ether oxygens (including phenoxy) is 1. The molecule has 116 valence electrons. The molecule has 0 heterocycles. The maximum Gasteiger partial charge on any atom is 0.500 e. The number of methoxy groups -OCH3 is 1. The normalized spacial score (nSPS) is 12.8. The van der Waals surface area contributed by atoms with Crippen molar-refractivity contribution in [1.29, 1.82) is 5.26 Å². The smallest absolute Gasteiger partial charge is 0.468 e. The highest BCUT2D eigenvalue weighted by molar-refractivity contribution is 6.60. The summed E-state index contributed by atoms with van der Waals surface area (Å²) in [6, 6.07) is 2.55. The summed E-state index contributed by atoms with van der Waals surface area (Å²) < 4.78 is 21.7. The van der Waals surface area contributed by atoms with Crippen LogP contribution in [0.15, 0.2) is 0 Å². The zero-order valence-electron chi connectivity index (χ0n) is 12.8. The molecule has 0 aliphatic rings. The Labute approximate surface area is 122 Å². The molecule has 0 aromatic carbocycles. The third-order valence-electron chi connectivity index (χ3n) is 2.71. The first kappa shape index (κ1) is 19.1. The first-order chi connectivity index (χ1) is 9.59. The number of nitrogens with zero attached hydrogens (tertiary/aromatic N) is 1. The fourth-order valence-electron chi connectivity index (χ4n) is 1.90. The second-order valence-electron chi connectivity index (χ2n) is 4.08. The maximum absolute atomic E-state index is 11.3. The quantitative estimate of drug-likeness (QED) is 0.430. The highest BCUT2D eigenvalue weighted by Crippen LogP contribution is 2.21. The van der Waals surface area contributed by atoms with Crippen molar-refractivity contribution in [1.82, 2.24) is 0 Å². The van der Waals surface area contributed by atoms with Crippen molar-refractivity contribution in [3.63, 3.8) is 0 Å². The second kappa shape index (κ2) is 10.8. The van der Waals surface area contributed by atoms with Gasteiger partial charge >= 0.3 is 14.8 Å². The molecule has 0 aromatic rings. The van der Waals surface area contributed by atoms with Crippen LogP contribution in [0.4, 0.5) is 0 Å². The van der Waals surface area contributed by atoms with Gasteiger partial charge in [-0.2, -0.15) is 5.26 Å². The van der Waals surface area contributed by atoms with E-state index in [2.05, 4.69) is 4.74 Å². The minimum Gasteiger partial charge on any atom is -0.468 e. The van der Waals surface area contributed by atoms with Crippen molar-refractivity contribution in [3.8, 4) is 6.07 Å². The lowest BCUT2D eigenvalue weighted by molar-refractivity contribution is -0.143. The average molecular weight is 303 g/mol. The van der Waals surface area contributed by atoms with Gasteiger partial charge in [0.25, 0.3) is 0 Å². The largest absolute Gasteiger partial charge is 0.500 e. The Hall–Kier alpha value is -0.943. The molecule has 7 heteroatoms. The minimum absolute atomic E-state index is 0.422. The van der Waals surface area contributed by atoms with Crippen LogP contribution in [0.2, 0.25) is 6.04 Å². The van der Waals surface area contributed by atoms with E-state index in [1.165, 1.54) is 7.11 Å². The number of hydrogen-bond donors (Lipinski definition) is 0. The summed E-state index contributed by atoms with van der Waals surface area (Å²) in [5.41, 5.74) is 0. The van der Waals surface area contributed by atoms with Gasteiger partial charge in [-0.1, -0.05) is 0 Å². The van der Waals surface area contributed by atoms with Crippen LogP contribution in [-0.4, -0.2) is 41.7 Å². The summed E-state index contributed by atoms with van der Waals surface area (Å²) in [6.45, 7) is 7.24. The lowest BCUT2D eigenvalue weighted by Crippen LogP contribution is -2.46. The summed E-state index contributed by atoms with van der Waals surface area (Å²) in [7, 11) is -1.40. The fourth-order valence-corrected chi connectivity index (χ4v) is 4.54. The third-order valence-corrected chi connectivity index (χ3v) is 5.86. The van der Waals surface area contributed by atoms with Crippen LogP contribution in [0.5, 0.6) is 0 Å². The molecule has 20 heavy (non-hydrogen) atoms. The molecule has 6 nitrogen and oxygen atoms in total. The predicted octanol–water partition coefficient (Wildman–Crippen LogP) is 2.13. The average Bonchev–Trinajstić information content (AvgIpc) is 2.44. The molecule has 0 amide bonds. The van der Waals surface area contributed by atoms with Crippen LogP contribution < -0.4 is 0 Å². The zero-order chi connectivity index (χ0) is 15.4. The van der Waals surface area contributed by atoms with Crippen LogP contribution in [0, 0.1) is 17.2 Å². The maximum atomic E-state index is 11.3. The molecule has 0 N–H and O–H groups in total. The van der Waals surface area contributed by atoms with Crippen molar-refractivity contribution in [3.05, 3.63) is 0 Å². The Morgan fingerprint density at radius 2 is 1.65 bits per heavy atom. The lowest BCUT2D eigenvalue weighted by Gasteiger charge is -2.28. The first-order valence-electron chi connectivity index (χ1n) is 6.98. The summed E-state index contributed by atoms with van der Waals surface area (Å²) in [5, 5.41) is 8.93. The van der Waals surface area contributed by atoms with Gasteiger partial charge in [-0.05, 0) is 33.6 Å². The standard InChI is InChI=1S/C13H25NO5Si/c1-5-17-20(18-6-2,19-7-3)10-8-9-12(11-14)13(15)16-4/h12H,5-10H2,1-4H3. The van der Waals surface area contributed by atoms with Gasteiger partial charge in [0.2, 0.25) is 0 Å². The Balaban J connectivity index is 4.51. The fraction of sp³-hybridized carbons (Fsp3) is 0.846. The van der Waals surface area contributed by atoms with E-state index in [9.17, 15) is 4.79 Å². The zero-order valence-corrected chi connectivity index (χ0v) is 13.8. The van der Waals surface area contributed by atoms with Gasteiger partial charge in [-0.15, -0.1) is 0 Å². The number of nitriles is 1. The lowest BCUT2D eigenvalue weighted by atomic mass is 10.1. The van der Waals surface area contributed by atoms with Crippen molar-refractivity contribution < 1.29 is 22.8 Å². The number of hydrogen-bond acceptors (Lipinski definition) is 6. The first-order valence-corrected chi connectivity index (χ1v) is 8.91. The van der Waals surface area contributed by atoms with Crippen molar-refractivity contribution in [2.75, 3.05) is 26.9 Å². The van der Waals surface area contributed by atoms with Gasteiger partial charge in [-0.25, -0.2) is 0 Å². The number of carbonyl (C=O) groups excluding carboxylic acids is 1. The van der Waals surface area contributed by atoms with E-state index in [0.29, 0.717) is 38.7 Å². The van der Waals surface area contributed by atoms with E-state index in [1.807, 2.05) is 26.8 Å². The van der Waals surface area contributed by atoms with Crippen LogP contribution in [-0.2, 0) is 22.8 Å². The number of esters is 1. The molecule has 0 fully saturated rings. The van der Waals surface area contributed by atoms with Crippen molar-refractivity contribution in [2.24, 2.45) is 5.92 Å². The Morgan fingerprint density at radius 3 is 2.00 bits per heavy atom. The van der Waals surface area contributed by atoms with E-state index in [0.717, 1.165) is 0 Å². The van der Waals surface area contributed by atoms with Gasteiger partial charge in [0.15, 0.2) is 0 Å². The molecule has 0 aliphatic heterocycles. The number of rotatable bonds is 11. The van der Waals surface area contributed by atoms with Crippen LogP contribution in [0.3, 0.4) is 0 Å². The molecule has 0 aromatic heterocycles. The molecule has 0 radical (unpaired) electrons. The molecule has 0 saturated heterocycles. The van der Waals surface area contributed by atoms with Gasteiger partial charge < -0.3 is 18.0 Å². The molecule has 0 saturated carbocycles. The van der Waals surface area contributed by atoms with Gasteiger partial charge in [0.05, 0.1) is 13.2 Å². The molecule has 1 unspecified atom stereocenters. The summed E-state index contributed by atoms with van der Waals surface area (Å²) >= 11 is 0. The molecular formula is C13H25NO5Si. The van der Waals surface area contributed by atoms with Crippen LogP contribution >= 0.6 is 0 Å². The van der Waals surface area contributed by atoms with Gasteiger partial charge in [0.1, 0.15) is 5.92 Å². The van der Waals surface area contributed by atoms with E-state index >= 15 is 0 Å². The Kier molecular flexibility index (Phi) is 10.3. The summed E-state index contributed by atoms with van der Waals surface area (Å²) in [6.07, 6.45) is 1.05. The third kappa shape index (κ3) is 6.48. The van der Waals surface area contributed by atoms with Crippen LogP contribution in [0.25, 0.3) is 0 Å². The monoisotopic (exact) mass is 303 g/mol. The SMILES string of the molecule is CCO[Si](CCCC(C#N)C(=O)OC)(OCC)OCC. The van der Waals surface area contributed by atoms with E-state index in [-0.39, 0.29) is 0 Å². The van der Waals surface area contributed by atoms with Crippen molar-refractivity contribution >= 4 is 14.8 Å².